The molecule has 0 aromatic heterocycles. The molecule has 7 N–H and O–H groups in total. The van der Waals surface area contributed by atoms with Crippen LogP contribution in [0, 0.1) is 0 Å². The van der Waals surface area contributed by atoms with Crippen LogP contribution in [0.2, 0.25) is 0 Å². The second-order valence-electron chi connectivity index (χ2n) is 16.8. The van der Waals surface area contributed by atoms with E-state index in [2.05, 4.69) is 38.2 Å². The molecule has 9 atom stereocenters. The van der Waals surface area contributed by atoms with Crippen LogP contribution in [0.15, 0.2) is 60.8 Å². The summed E-state index contributed by atoms with van der Waals surface area (Å²) >= 11 is 0. The number of carbonyl (C=O) groups is 2. The van der Waals surface area contributed by atoms with Gasteiger partial charge in [0.25, 0.3) is 0 Å². The monoisotopic (exact) mass is 929 g/mol. The number of rotatable bonds is 39. The molecule has 1 aliphatic carbocycles. The maximum absolute atomic E-state index is 12.8. The lowest BCUT2D eigenvalue weighted by atomic mass is 9.85. The van der Waals surface area contributed by atoms with Crippen LogP contribution >= 0.6 is 7.82 Å². The first-order valence-electron chi connectivity index (χ1n) is 24.2. The van der Waals surface area contributed by atoms with Crippen LogP contribution in [0.1, 0.15) is 174 Å². The molecule has 0 aromatic rings. The zero-order chi connectivity index (χ0) is 47.3. The molecule has 14 nitrogen and oxygen atoms in total. The fraction of sp³-hybridized carbons (Fsp3) is 0.755. The third-order valence-corrected chi connectivity index (χ3v) is 11.9. The molecule has 1 rings (SSSR count). The maximum Gasteiger partial charge on any atom is 0.472 e. The van der Waals surface area contributed by atoms with Crippen molar-refractivity contribution in [3.63, 3.8) is 0 Å². The Morgan fingerprint density at radius 1 is 0.562 bits per heavy atom. The lowest BCUT2D eigenvalue weighted by molar-refractivity contribution is -0.220. The van der Waals surface area contributed by atoms with E-state index in [0.29, 0.717) is 25.7 Å². The van der Waals surface area contributed by atoms with E-state index in [0.717, 1.165) is 44.9 Å². The molecule has 64 heavy (non-hydrogen) atoms. The van der Waals surface area contributed by atoms with Gasteiger partial charge in [0, 0.05) is 12.8 Å². The average Bonchev–Trinajstić information content (AvgIpc) is 3.27. The second kappa shape index (κ2) is 38.6. The van der Waals surface area contributed by atoms with Gasteiger partial charge < -0.3 is 45.0 Å². The van der Waals surface area contributed by atoms with Crippen molar-refractivity contribution in [2.24, 2.45) is 0 Å². The predicted molar refractivity (Wildman–Crippen MR) is 250 cm³/mol. The summed E-state index contributed by atoms with van der Waals surface area (Å²) in [4.78, 5) is 35.7. The van der Waals surface area contributed by atoms with Gasteiger partial charge in [-0.2, -0.15) is 0 Å². The van der Waals surface area contributed by atoms with Crippen LogP contribution in [-0.4, -0.2) is 110 Å². The molecule has 1 fully saturated rings. The first-order chi connectivity index (χ1) is 30.8. The van der Waals surface area contributed by atoms with Crippen molar-refractivity contribution < 1.29 is 68.2 Å². The van der Waals surface area contributed by atoms with Crippen LogP contribution in [0.4, 0.5) is 0 Å². The van der Waals surface area contributed by atoms with Crippen molar-refractivity contribution >= 4 is 19.8 Å². The molecule has 15 heteroatoms. The molecule has 1 saturated carbocycles. The summed E-state index contributed by atoms with van der Waals surface area (Å²) in [6, 6.07) is 0. The smallest absolute Gasteiger partial charge is 0.462 e. The molecule has 0 aromatic carbocycles. The molecule has 0 radical (unpaired) electrons. The number of phosphoric ester groups is 1. The van der Waals surface area contributed by atoms with Gasteiger partial charge in [-0.3, -0.25) is 18.6 Å². The summed E-state index contributed by atoms with van der Waals surface area (Å²) in [5.74, 6) is -1.24. The molecule has 370 valence electrons. The lowest BCUT2D eigenvalue weighted by Gasteiger charge is -2.41. The van der Waals surface area contributed by atoms with Crippen molar-refractivity contribution in [3.05, 3.63) is 60.8 Å². The van der Waals surface area contributed by atoms with E-state index in [1.54, 1.807) is 18.2 Å². The van der Waals surface area contributed by atoms with Gasteiger partial charge in [0.15, 0.2) is 6.10 Å². The number of aliphatic hydroxyl groups is 6. The molecule has 0 aliphatic heterocycles. The Hall–Kier alpha value is -2.49. The van der Waals surface area contributed by atoms with E-state index in [1.165, 1.54) is 77.0 Å². The number of ether oxygens (including phenoxy) is 2. The average molecular weight is 929 g/mol. The number of carbonyl (C=O) groups excluding carboxylic acids is 2. The van der Waals surface area contributed by atoms with E-state index in [9.17, 15) is 49.7 Å². The van der Waals surface area contributed by atoms with Crippen molar-refractivity contribution in [3.8, 4) is 0 Å². The minimum Gasteiger partial charge on any atom is -0.462 e. The fourth-order valence-corrected chi connectivity index (χ4v) is 7.91. The highest BCUT2D eigenvalue weighted by molar-refractivity contribution is 7.47. The Kier molecular flexibility index (Phi) is 35.9. The van der Waals surface area contributed by atoms with Crippen LogP contribution in [0.3, 0.4) is 0 Å². The van der Waals surface area contributed by atoms with Crippen molar-refractivity contribution in [1.29, 1.82) is 0 Å². The topological polar surface area (TPSA) is 230 Å². The van der Waals surface area contributed by atoms with Crippen LogP contribution in [0.5, 0.6) is 0 Å². The molecule has 0 amide bonds. The molecule has 0 bridgehead atoms. The zero-order valence-electron chi connectivity index (χ0n) is 38.9. The third-order valence-electron chi connectivity index (χ3n) is 10.9. The first kappa shape index (κ1) is 59.5. The Morgan fingerprint density at radius 3 is 1.67 bits per heavy atom. The van der Waals surface area contributed by atoms with Gasteiger partial charge in [-0.1, -0.05) is 152 Å². The van der Waals surface area contributed by atoms with E-state index in [-0.39, 0.29) is 12.8 Å². The molecule has 0 heterocycles. The third kappa shape index (κ3) is 30.7. The van der Waals surface area contributed by atoms with Gasteiger partial charge in [0.1, 0.15) is 43.2 Å². The number of hydrogen-bond donors (Lipinski definition) is 7. The zero-order valence-corrected chi connectivity index (χ0v) is 39.8. The number of esters is 2. The van der Waals surface area contributed by atoms with Gasteiger partial charge in [-0.25, -0.2) is 4.57 Å². The van der Waals surface area contributed by atoms with E-state index < -0.39 is 81.8 Å². The van der Waals surface area contributed by atoms with E-state index in [4.69, 9.17) is 18.5 Å². The van der Waals surface area contributed by atoms with E-state index >= 15 is 0 Å². The fourth-order valence-electron chi connectivity index (χ4n) is 6.94. The Bertz CT molecular complexity index is 1370. The van der Waals surface area contributed by atoms with Gasteiger partial charge in [0.2, 0.25) is 0 Å². The highest BCUT2D eigenvalue weighted by atomic mass is 31.2. The minimum atomic E-state index is -5.16. The summed E-state index contributed by atoms with van der Waals surface area (Å²) in [5.41, 5.74) is 0. The van der Waals surface area contributed by atoms with Gasteiger partial charge in [-0.05, 0) is 70.6 Å². The number of phosphoric acid groups is 1. The predicted octanol–water partition coefficient (Wildman–Crippen LogP) is 8.70. The minimum absolute atomic E-state index is 0.0409. The number of unbranched alkanes of at least 4 members (excludes halogenated alkanes) is 17. The van der Waals surface area contributed by atoms with E-state index in [1.807, 2.05) is 18.2 Å². The SMILES string of the molecule is CCCCC/C=C\C/C=C\CC(O)/C=C\C=C\CCCC(=O)O[C@H](COC(=O)CCCCCCCCC/C=C\CCCCCCCC)COP(=O)(O)OC1[C@H](O)[C@H](O)C(O)[C@H](O)[C@H]1O. The van der Waals surface area contributed by atoms with Gasteiger partial charge in [-0.15, -0.1) is 0 Å². The molecular weight excluding hydrogens is 843 g/mol. The van der Waals surface area contributed by atoms with Gasteiger partial charge >= 0.3 is 19.8 Å². The summed E-state index contributed by atoms with van der Waals surface area (Å²) in [5, 5.41) is 60.3. The van der Waals surface area contributed by atoms with Crippen molar-refractivity contribution in [1.82, 2.24) is 0 Å². The molecular formula is C49H85O14P. The van der Waals surface area contributed by atoms with Crippen LogP contribution in [0.25, 0.3) is 0 Å². The number of allylic oxidation sites excluding steroid dienone is 8. The normalized spacial score (nSPS) is 22.6. The summed E-state index contributed by atoms with van der Waals surface area (Å²) in [6.07, 6.45) is 30.0. The summed E-state index contributed by atoms with van der Waals surface area (Å²) < 4.78 is 33.4. The summed E-state index contributed by atoms with van der Waals surface area (Å²) in [6.45, 7) is 3.14. The molecule has 4 unspecified atom stereocenters. The highest BCUT2D eigenvalue weighted by Crippen LogP contribution is 2.47. The Morgan fingerprint density at radius 2 is 1.05 bits per heavy atom. The molecule has 1 aliphatic rings. The Balaban J connectivity index is 2.53. The lowest BCUT2D eigenvalue weighted by Crippen LogP contribution is -2.64. The number of hydrogen-bond acceptors (Lipinski definition) is 13. The maximum atomic E-state index is 12.8. The van der Waals surface area contributed by atoms with Crippen LogP contribution < -0.4 is 0 Å². The highest BCUT2D eigenvalue weighted by Gasteiger charge is 2.51. The second-order valence-corrected chi connectivity index (χ2v) is 18.2. The quantitative estimate of drug-likeness (QED) is 0.0101. The first-order valence-corrected chi connectivity index (χ1v) is 25.7. The molecule has 0 spiro atoms. The van der Waals surface area contributed by atoms with Crippen LogP contribution in [-0.2, 0) is 32.7 Å². The van der Waals surface area contributed by atoms with Crippen molar-refractivity contribution in [2.75, 3.05) is 13.2 Å². The molecule has 0 saturated heterocycles. The van der Waals surface area contributed by atoms with Crippen molar-refractivity contribution in [2.45, 2.75) is 223 Å². The number of aliphatic hydroxyl groups excluding tert-OH is 6. The van der Waals surface area contributed by atoms with Gasteiger partial charge in [0.05, 0.1) is 12.7 Å². The standard InChI is InChI=1S/C49H85O14P/c1-3-5-7-9-11-13-14-15-16-17-18-19-20-22-24-28-32-36-42(51)60-38-41(39-61-64(58,59)63-49-47(56)45(54)44(53)46(55)48(49)57)62-43(52)37-33-29-25-27-31-35-40(50)34-30-26-23-21-12-10-8-6-4-2/h12,15-16,21,25-27,30-31,35,40-41,44-50,53-57H,3-11,13-14,17-20,22-24,28-29,32-34,36-39H2,1-2H3,(H,58,59)/b16-15-,21-12-,27-25+,30-26-,35-31-/t40?,41-,44?,45-,46+,47-,48-,49?/m1/s1. The largest absolute Gasteiger partial charge is 0.472 e. The summed E-state index contributed by atoms with van der Waals surface area (Å²) in [7, 11) is -5.16. The Labute approximate surface area is 384 Å².